The number of fused-ring (bicyclic) bond motifs is 2. The molecule has 0 amide bonds. The maximum Gasteiger partial charge on any atom is 0.161 e. The molecule has 1 aromatic heterocycles. The summed E-state index contributed by atoms with van der Waals surface area (Å²) in [4.78, 5) is 12.0. The van der Waals surface area contributed by atoms with Gasteiger partial charge in [-0.2, -0.15) is 0 Å². The van der Waals surface area contributed by atoms with Crippen LogP contribution in [-0.2, 0) is 19.4 Å². The van der Waals surface area contributed by atoms with E-state index >= 15 is 0 Å². The Kier molecular flexibility index (Phi) is 3.71. The number of aryl methyl sites for hydroxylation is 1. The summed E-state index contributed by atoms with van der Waals surface area (Å²) in [5.41, 5.74) is 5.69. The van der Waals surface area contributed by atoms with Crippen molar-refractivity contribution in [3.8, 4) is 11.4 Å². The number of nitrogens with zero attached hydrogens (tertiary/aromatic N) is 3. The second-order valence-electron chi connectivity index (χ2n) is 7.11. The first kappa shape index (κ1) is 15.5. The molecule has 0 saturated carbocycles. The van der Waals surface area contributed by atoms with Crippen molar-refractivity contribution in [1.29, 1.82) is 0 Å². The fraction of sp³-hybridized carbons (Fsp3) is 0.273. The maximum atomic E-state index is 10.6. The van der Waals surface area contributed by atoms with E-state index in [1.807, 2.05) is 36.4 Å². The van der Waals surface area contributed by atoms with Crippen LogP contribution in [0.15, 0.2) is 54.6 Å². The third kappa shape index (κ3) is 2.58. The molecule has 0 bridgehead atoms. The van der Waals surface area contributed by atoms with Gasteiger partial charge in [-0.25, -0.2) is 9.97 Å². The molecule has 5 rings (SSSR count). The van der Waals surface area contributed by atoms with Crippen LogP contribution < -0.4 is 4.90 Å². The quantitative estimate of drug-likeness (QED) is 0.771. The molecule has 0 spiro atoms. The summed E-state index contributed by atoms with van der Waals surface area (Å²) >= 11 is 0. The summed E-state index contributed by atoms with van der Waals surface area (Å²) < 4.78 is 0. The Labute approximate surface area is 153 Å². The van der Waals surface area contributed by atoms with Crippen LogP contribution in [0.5, 0.6) is 0 Å². The minimum absolute atomic E-state index is 0.479. The van der Waals surface area contributed by atoms with Crippen LogP contribution in [0.4, 0.5) is 5.82 Å². The van der Waals surface area contributed by atoms with Crippen molar-refractivity contribution in [3.05, 3.63) is 77.0 Å². The molecular weight excluding hydrogens is 322 g/mol. The van der Waals surface area contributed by atoms with Crippen molar-refractivity contribution in [3.63, 3.8) is 0 Å². The van der Waals surface area contributed by atoms with E-state index in [1.165, 1.54) is 16.8 Å². The molecule has 2 aromatic carbocycles. The van der Waals surface area contributed by atoms with Crippen LogP contribution in [0.3, 0.4) is 0 Å². The van der Waals surface area contributed by atoms with Crippen LogP contribution in [-0.4, -0.2) is 21.6 Å². The Balaban J connectivity index is 1.60. The zero-order chi connectivity index (χ0) is 17.5. The molecule has 1 atom stereocenters. The molecule has 4 heteroatoms. The standard InChI is InChI=1S/C22H21N3O/c26-20-14-25(13-16-9-4-5-10-17(16)20)22-18-11-6-12-19(18)23-21(24-22)15-7-2-1-3-8-15/h1-5,7-10,20,26H,6,11-14H2/t20-/m1/s1. The summed E-state index contributed by atoms with van der Waals surface area (Å²) in [6.45, 7) is 1.36. The molecule has 2 heterocycles. The average molecular weight is 343 g/mol. The predicted octanol–water partition coefficient (Wildman–Crippen LogP) is 3.69. The third-order valence-corrected chi connectivity index (χ3v) is 5.41. The van der Waals surface area contributed by atoms with Crippen LogP contribution in [0.1, 0.15) is 34.9 Å². The molecule has 1 N–H and O–H groups in total. The number of rotatable bonds is 2. The van der Waals surface area contributed by atoms with E-state index < -0.39 is 6.10 Å². The Morgan fingerprint density at radius 2 is 1.73 bits per heavy atom. The number of β-amino-alcohol motifs (C(OH)–C–C–N with tert-alkyl or cyclic N) is 1. The fourth-order valence-electron chi connectivity index (χ4n) is 4.13. The predicted molar refractivity (Wildman–Crippen MR) is 102 cm³/mol. The smallest absolute Gasteiger partial charge is 0.161 e. The molecule has 0 fully saturated rings. The number of aliphatic hydroxyl groups is 1. The van der Waals surface area contributed by atoms with E-state index in [-0.39, 0.29) is 0 Å². The Morgan fingerprint density at radius 1 is 0.923 bits per heavy atom. The van der Waals surface area contributed by atoms with E-state index in [4.69, 9.17) is 9.97 Å². The number of aromatic nitrogens is 2. The highest BCUT2D eigenvalue weighted by molar-refractivity contribution is 5.62. The first-order valence-electron chi connectivity index (χ1n) is 9.25. The van der Waals surface area contributed by atoms with Gasteiger partial charge in [-0.1, -0.05) is 54.6 Å². The lowest BCUT2D eigenvalue weighted by atomic mass is 9.97. The van der Waals surface area contributed by atoms with E-state index in [9.17, 15) is 5.11 Å². The molecule has 0 unspecified atom stereocenters. The van der Waals surface area contributed by atoms with Crippen LogP contribution in [0.25, 0.3) is 11.4 Å². The molecule has 26 heavy (non-hydrogen) atoms. The molecule has 130 valence electrons. The molecule has 1 aliphatic carbocycles. The molecule has 4 nitrogen and oxygen atoms in total. The number of anilines is 1. The Hall–Kier alpha value is -2.72. The lowest BCUT2D eigenvalue weighted by Crippen LogP contribution is -2.35. The van der Waals surface area contributed by atoms with Gasteiger partial charge in [0.05, 0.1) is 6.10 Å². The highest BCUT2D eigenvalue weighted by Gasteiger charge is 2.29. The summed E-state index contributed by atoms with van der Waals surface area (Å²) in [7, 11) is 0. The highest BCUT2D eigenvalue weighted by atomic mass is 16.3. The minimum atomic E-state index is -0.479. The first-order chi connectivity index (χ1) is 12.8. The minimum Gasteiger partial charge on any atom is -0.387 e. The van der Waals surface area contributed by atoms with Crippen LogP contribution in [0, 0.1) is 0 Å². The van der Waals surface area contributed by atoms with Crippen molar-refractivity contribution in [1.82, 2.24) is 9.97 Å². The van der Waals surface area contributed by atoms with Crippen molar-refractivity contribution in [2.75, 3.05) is 11.4 Å². The molecule has 3 aromatic rings. The monoisotopic (exact) mass is 343 g/mol. The van der Waals surface area contributed by atoms with Gasteiger partial charge in [0.1, 0.15) is 5.82 Å². The van der Waals surface area contributed by atoms with Gasteiger partial charge in [0.25, 0.3) is 0 Å². The van der Waals surface area contributed by atoms with E-state index in [0.717, 1.165) is 48.6 Å². The Morgan fingerprint density at radius 3 is 2.62 bits per heavy atom. The second kappa shape index (κ2) is 6.22. The van der Waals surface area contributed by atoms with Gasteiger partial charge in [-0.15, -0.1) is 0 Å². The lowest BCUT2D eigenvalue weighted by molar-refractivity contribution is 0.175. The van der Waals surface area contributed by atoms with Gasteiger partial charge >= 0.3 is 0 Å². The molecule has 2 aliphatic rings. The lowest BCUT2D eigenvalue weighted by Gasteiger charge is -2.34. The summed E-state index contributed by atoms with van der Waals surface area (Å²) in [5, 5.41) is 10.6. The van der Waals surface area contributed by atoms with Crippen molar-refractivity contribution in [2.45, 2.75) is 31.9 Å². The highest BCUT2D eigenvalue weighted by Crippen LogP contribution is 2.35. The zero-order valence-electron chi connectivity index (χ0n) is 14.6. The molecule has 1 aliphatic heterocycles. The van der Waals surface area contributed by atoms with E-state index in [0.29, 0.717) is 6.54 Å². The molecule has 0 radical (unpaired) electrons. The van der Waals surface area contributed by atoms with E-state index in [1.54, 1.807) is 0 Å². The largest absolute Gasteiger partial charge is 0.387 e. The van der Waals surface area contributed by atoms with Gasteiger partial charge in [0, 0.05) is 29.9 Å². The van der Waals surface area contributed by atoms with Crippen molar-refractivity contribution < 1.29 is 5.11 Å². The molecule has 0 saturated heterocycles. The summed E-state index contributed by atoms with van der Waals surface area (Å²) in [6.07, 6.45) is 2.68. The normalized spacial score (nSPS) is 18.5. The van der Waals surface area contributed by atoms with Crippen LogP contribution >= 0.6 is 0 Å². The van der Waals surface area contributed by atoms with Gasteiger partial charge in [0.2, 0.25) is 0 Å². The second-order valence-corrected chi connectivity index (χ2v) is 7.11. The summed E-state index contributed by atoms with van der Waals surface area (Å²) in [6, 6.07) is 18.3. The average Bonchev–Trinajstić information content (AvgIpc) is 3.16. The first-order valence-corrected chi connectivity index (χ1v) is 9.25. The van der Waals surface area contributed by atoms with Gasteiger partial charge in [0.15, 0.2) is 5.82 Å². The van der Waals surface area contributed by atoms with Crippen LogP contribution in [0.2, 0.25) is 0 Å². The number of aliphatic hydroxyl groups excluding tert-OH is 1. The van der Waals surface area contributed by atoms with Gasteiger partial charge < -0.3 is 10.0 Å². The number of hydrogen-bond donors (Lipinski definition) is 1. The zero-order valence-corrected chi connectivity index (χ0v) is 14.6. The fourth-order valence-corrected chi connectivity index (χ4v) is 4.13. The Bertz CT molecular complexity index is 955. The summed E-state index contributed by atoms with van der Waals surface area (Å²) in [5.74, 6) is 1.79. The number of hydrogen-bond acceptors (Lipinski definition) is 4. The van der Waals surface area contributed by atoms with Crippen molar-refractivity contribution in [2.24, 2.45) is 0 Å². The van der Waals surface area contributed by atoms with E-state index in [2.05, 4.69) is 23.1 Å². The molecular formula is C22H21N3O. The third-order valence-electron chi connectivity index (χ3n) is 5.41. The van der Waals surface area contributed by atoms with Crippen molar-refractivity contribution >= 4 is 5.82 Å². The number of benzene rings is 2. The maximum absolute atomic E-state index is 10.6. The van der Waals surface area contributed by atoms with Gasteiger partial charge in [-0.05, 0) is 30.4 Å². The SMILES string of the molecule is O[C@@H]1CN(c2nc(-c3ccccc3)nc3c2CCC3)Cc2ccccc21. The topological polar surface area (TPSA) is 49.2 Å². The van der Waals surface area contributed by atoms with Gasteiger partial charge in [-0.3, -0.25) is 0 Å².